The Labute approximate surface area is 149 Å². The van der Waals surface area contributed by atoms with Gasteiger partial charge in [-0.05, 0) is 73.6 Å². The standard InChI is InChI=1S/C17H18BrCl2NO/c18-9-1-3-10(4-2-9)21-16(22)15-11-5-7-13-14(17(13,19)20)8-6-12(11)15/h1-4,11-15H,5-8H2,(H,21,22)/t11-,12+,13+,14-,15?. The van der Waals surface area contributed by atoms with Gasteiger partial charge in [0.2, 0.25) is 5.91 Å². The smallest absolute Gasteiger partial charge is 0.228 e. The number of alkyl halides is 2. The van der Waals surface area contributed by atoms with E-state index < -0.39 is 4.33 Å². The fraction of sp³-hybridized carbons (Fsp3) is 0.588. The Morgan fingerprint density at radius 1 is 1.05 bits per heavy atom. The molecule has 3 saturated carbocycles. The number of carbonyl (C=O) groups is 1. The first-order valence-electron chi connectivity index (χ1n) is 7.92. The first kappa shape index (κ1) is 15.3. The molecule has 5 atom stereocenters. The van der Waals surface area contributed by atoms with Crippen molar-refractivity contribution in [2.75, 3.05) is 5.32 Å². The van der Waals surface area contributed by atoms with Crippen molar-refractivity contribution in [3.05, 3.63) is 28.7 Å². The van der Waals surface area contributed by atoms with Crippen molar-refractivity contribution in [1.29, 1.82) is 0 Å². The number of amides is 1. The summed E-state index contributed by atoms with van der Waals surface area (Å²) in [7, 11) is 0. The van der Waals surface area contributed by atoms with Crippen LogP contribution < -0.4 is 5.32 Å². The van der Waals surface area contributed by atoms with Gasteiger partial charge in [-0.15, -0.1) is 23.2 Å². The van der Waals surface area contributed by atoms with Crippen LogP contribution in [-0.2, 0) is 4.79 Å². The van der Waals surface area contributed by atoms with E-state index in [1.807, 2.05) is 24.3 Å². The second kappa shape index (κ2) is 5.39. The van der Waals surface area contributed by atoms with E-state index in [-0.39, 0.29) is 11.8 Å². The van der Waals surface area contributed by atoms with Crippen molar-refractivity contribution in [2.45, 2.75) is 30.0 Å². The van der Waals surface area contributed by atoms with E-state index in [4.69, 9.17) is 23.2 Å². The Morgan fingerprint density at radius 2 is 1.59 bits per heavy atom. The number of benzene rings is 1. The van der Waals surface area contributed by atoms with Crippen LogP contribution in [0.1, 0.15) is 25.7 Å². The van der Waals surface area contributed by atoms with Gasteiger partial charge in [0.15, 0.2) is 0 Å². The molecule has 1 aromatic rings. The second-order valence-electron chi connectivity index (χ2n) is 6.89. The molecule has 3 fully saturated rings. The summed E-state index contributed by atoms with van der Waals surface area (Å²) in [6.07, 6.45) is 4.32. The lowest BCUT2D eigenvalue weighted by atomic mass is 10.0. The summed E-state index contributed by atoms with van der Waals surface area (Å²) in [6, 6.07) is 7.74. The summed E-state index contributed by atoms with van der Waals surface area (Å²) in [4.78, 5) is 12.5. The van der Waals surface area contributed by atoms with Gasteiger partial charge in [-0.1, -0.05) is 15.9 Å². The highest BCUT2D eigenvalue weighted by Gasteiger charge is 2.65. The largest absolute Gasteiger partial charge is 0.326 e. The molecule has 0 bridgehead atoms. The van der Waals surface area contributed by atoms with Crippen molar-refractivity contribution in [2.24, 2.45) is 29.6 Å². The van der Waals surface area contributed by atoms with Gasteiger partial charge in [-0.25, -0.2) is 0 Å². The van der Waals surface area contributed by atoms with E-state index in [2.05, 4.69) is 21.2 Å². The molecular weight excluding hydrogens is 385 g/mol. The predicted molar refractivity (Wildman–Crippen MR) is 93.1 cm³/mol. The molecule has 0 aliphatic heterocycles. The second-order valence-corrected chi connectivity index (χ2v) is 9.25. The molecule has 0 heterocycles. The lowest BCUT2D eigenvalue weighted by Gasteiger charge is -2.05. The Balaban J connectivity index is 1.37. The van der Waals surface area contributed by atoms with Crippen molar-refractivity contribution in [3.8, 4) is 0 Å². The van der Waals surface area contributed by atoms with Gasteiger partial charge in [0, 0.05) is 16.1 Å². The van der Waals surface area contributed by atoms with E-state index in [0.717, 1.165) is 35.8 Å². The monoisotopic (exact) mass is 401 g/mol. The van der Waals surface area contributed by atoms with Crippen LogP contribution in [0, 0.1) is 29.6 Å². The normalized spacial score (nSPS) is 38.0. The van der Waals surface area contributed by atoms with Crippen LogP contribution in [0.4, 0.5) is 5.69 Å². The number of anilines is 1. The van der Waals surface area contributed by atoms with Gasteiger partial charge in [0.25, 0.3) is 0 Å². The van der Waals surface area contributed by atoms with Crippen molar-refractivity contribution < 1.29 is 4.79 Å². The van der Waals surface area contributed by atoms with Crippen LogP contribution in [0.25, 0.3) is 0 Å². The molecule has 1 N–H and O–H groups in total. The first-order valence-corrected chi connectivity index (χ1v) is 9.47. The number of rotatable bonds is 2. The van der Waals surface area contributed by atoms with Crippen LogP contribution in [0.15, 0.2) is 28.7 Å². The number of fused-ring (bicyclic) bond motifs is 2. The van der Waals surface area contributed by atoms with Gasteiger partial charge in [0.05, 0.1) is 0 Å². The zero-order valence-electron chi connectivity index (χ0n) is 12.1. The highest BCUT2D eigenvalue weighted by atomic mass is 79.9. The van der Waals surface area contributed by atoms with Crippen LogP contribution >= 0.6 is 39.1 Å². The van der Waals surface area contributed by atoms with E-state index in [0.29, 0.717) is 23.7 Å². The quantitative estimate of drug-likeness (QED) is 0.673. The molecule has 3 aliphatic rings. The summed E-state index contributed by atoms with van der Waals surface area (Å²) in [6.45, 7) is 0. The highest BCUT2D eigenvalue weighted by Crippen LogP contribution is 2.67. The molecule has 5 heteroatoms. The molecule has 118 valence electrons. The lowest BCUT2D eigenvalue weighted by Crippen LogP contribution is -2.15. The fourth-order valence-corrected chi connectivity index (χ4v) is 5.55. The Morgan fingerprint density at radius 3 is 2.14 bits per heavy atom. The van der Waals surface area contributed by atoms with E-state index in [9.17, 15) is 4.79 Å². The van der Waals surface area contributed by atoms with Gasteiger partial charge in [-0.3, -0.25) is 4.79 Å². The Bertz CT molecular complexity index is 581. The van der Waals surface area contributed by atoms with E-state index in [1.165, 1.54) is 0 Å². The van der Waals surface area contributed by atoms with Gasteiger partial charge >= 0.3 is 0 Å². The van der Waals surface area contributed by atoms with E-state index in [1.54, 1.807) is 0 Å². The van der Waals surface area contributed by atoms with Crippen molar-refractivity contribution in [1.82, 2.24) is 0 Å². The lowest BCUT2D eigenvalue weighted by molar-refractivity contribution is -0.117. The molecule has 2 nitrogen and oxygen atoms in total. The molecular formula is C17H18BrCl2NO. The van der Waals surface area contributed by atoms with Crippen LogP contribution in [0.3, 0.4) is 0 Å². The molecule has 1 aromatic carbocycles. The Kier molecular flexibility index (Phi) is 3.75. The molecule has 0 aromatic heterocycles. The number of hydrogen-bond donors (Lipinski definition) is 1. The number of nitrogens with one attached hydrogen (secondary N) is 1. The summed E-state index contributed by atoms with van der Waals surface area (Å²) < 4.78 is 0.537. The van der Waals surface area contributed by atoms with Gasteiger partial charge in [0.1, 0.15) is 4.33 Å². The molecule has 22 heavy (non-hydrogen) atoms. The molecule has 0 radical (unpaired) electrons. The third-order valence-electron chi connectivity index (χ3n) is 5.73. The van der Waals surface area contributed by atoms with Crippen LogP contribution in [0.2, 0.25) is 0 Å². The number of hydrogen-bond acceptors (Lipinski definition) is 1. The topological polar surface area (TPSA) is 29.1 Å². The van der Waals surface area contributed by atoms with Gasteiger partial charge < -0.3 is 5.32 Å². The number of halogens is 3. The maximum Gasteiger partial charge on any atom is 0.228 e. The fourth-order valence-electron chi connectivity index (χ4n) is 4.37. The Hall–Kier alpha value is -0.250. The highest BCUT2D eigenvalue weighted by molar-refractivity contribution is 9.10. The molecule has 0 saturated heterocycles. The van der Waals surface area contributed by atoms with Crippen LogP contribution in [-0.4, -0.2) is 10.2 Å². The zero-order chi connectivity index (χ0) is 15.5. The third-order valence-corrected chi connectivity index (χ3v) is 7.38. The molecule has 0 spiro atoms. The molecule has 4 rings (SSSR count). The van der Waals surface area contributed by atoms with E-state index >= 15 is 0 Å². The minimum Gasteiger partial charge on any atom is -0.326 e. The van der Waals surface area contributed by atoms with Crippen LogP contribution in [0.5, 0.6) is 0 Å². The van der Waals surface area contributed by atoms with Crippen molar-refractivity contribution in [3.63, 3.8) is 0 Å². The summed E-state index contributed by atoms with van der Waals surface area (Å²) >= 11 is 16.0. The summed E-state index contributed by atoms with van der Waals surface area (Å²) in [5.74, 6) is 2.32. The molecule has 3 aliphatic carbocycles. The minimum absolute atomic E-state index is 0.177. The molecule has 1 amide bonds. The predicted octanol–water partition coefficient (Wildman–Crippen LogP) is 5.24. The zero-order valence-corrected chi connectivity index (χ0v) is 15.2. The average molecular weight is 403 g/mol. The average Bonchev–Trinajstić information content (AvgIpc) is 3.26. The SMILES string of the molecule is O=C(Nc1ccc(Br)cc1)C1[C@H]2CC[C@@H]3[C@H](CC[C@@H]12)C3(Cl)Cl. The third kappa shape index (κ3) is 2.59. The summed E-state index contributed by atoms with van der Waals surface area (Å²) in [5, 5.41) is 3.06. The minimum atomic E-state index is -0.480. The first-order chi connectivity index (χ1) is 10.5. The van der Waals surface area contributed by atoms with Gasteiger partial charge in [-0.2, -0.15) is 0 Å². The molecule has 1 unspecified atom stereocenters. The maximum atomic E-state index is 12.5. The van der Waals surface area contributed by atoms with Crippen molar-refractivity contribution >= 4 is 50.7 Å². The summed E-state index contributed by atoms with van der Waals surface area (Å²) in [5.41, 5.74) is 0.871. The maximum absolute atomic E-state index is 12.5. The number of carbonyl (C=O) groups excluding carboxylic acids is 1.